The molecule has 1 aliphatic rings. The van der Waals surface area contributed by atoms with Crippen molar-refractivity contribution < 1.29 is 26.0 Å². The number of ether oxygens (including phenoxy) is 1. The molecule has 1 heterocycles. The Kier molecular flexibility index (Phi) is 6.32. The lowest BCUT2D eigenvalue weighted by atomic mass is 9.99. The molecular weight excluding hydrogens is 481 g/mol. The average Bonchev–Trinajstić information content (AvgIpc) is 3.25. The molecule has 0 radical (unpaired) electrons. The van der Waals surface area contributed by atoms with Gasteiger partial charge in [0, 0.05) is 12.1 Å². The zero-order valence-corrected chi connectivity index (χ0v) is 20.0. The molecule has 11 heteroatoms. The predicted molar refractivity (Wildman–Crippen MR) is 127 cm³/mol. The van der Waals surface area contributed by atoms with E-state index in [4.69, 9.17) is 4.74 Å². The number of sulfonamides is 2. The van der Waals surface area contributed by atoms with Gasteiger partial charge in [-0.05, 0) is 53.6 Å². The molecule has 0 fully saturated rings. The van der Waals surface area contributed by atoms with Gasteiger partial charge in [-0.2, -0.15) is 17.9 Å². The topological polar surface area (TPSA) is 105 Å². The summed E-state index contributed by atoms with van der Waals surface area (Å²) in [7, 11) is -6.15. The summed E-state index contributed by atoms with van der Waals surface area (Å²) in [5, 5.41) is 4.41. The highest BCUT2D eigenvalue weighted by atomic mass is 32.2. The van der Waals surface area contributed by atoms with Crippen molar-refractivity contribution in [3.05, 3.63) is 89.7 Å². The molecule has 4 rings (SSSR count). The van der Waals surface area contributed by atoms with Crippen LogP contribution in [0.2, 0.25) is 0 Å². The first-order valence-electron chi connectivity index (χ1n) is 10.2. The Bertz CT molecular complexity index is 1460. The molecule has 0 spiro atoms. The second-order valence-corrected chi connectivity index (χ2v) is 11.3. The van der Waals surface area contributed by atoms with Crippen molar-refractivity contribution >= 4 is 31.4 Å². The third kappa shape index (κ3) is 5.05. The van der Waals surface area contributed by atoms with E-state index in [9.17, 15) is 21.2 Å². The summed E-state index contributed by atoms with van der Waals surface area (Å²) in [6.45, 7) is 0. The van der Waals surface area contributed by atoms with Crippen LogP contribution in [0.4, 0.5) is 10.1 Å². The highest BCUT2D eigenvalue weighted by molar-refractivity contribution is 7.92. The summed E-state index contributed by atoms with van der Waals surface area (Å²) in [5.74, 6) is -0.0630. The molecule has 0 saturated heterocycles. The molecule has 178 valence electrons. The number of benzene rings is 3. The summed E-state index contributed by atoms with van der Waals surface area (Å²) in [5.41, 5.74) is 2.00. The van der Waals surface area contributed by atoms with Crippen LogP contribution >= 0.6 is 0 Å². The van der Waals surface area contributed by atoms with Crippen LogP contribution in [-0.2, 0) is 20.0 Å². The van der Waals surface area contributed by atoms with Gasteiger partial charge in [0.25, 0.3) is 10.0 Å². The molecular formula is C23H22FN3O5S2. The lowest BCUT2D eigenvalue weighted by molar-refractivity contribution is 0.370. The zero-order valence-electron chi connectivity index (χ0n) is 18.3. The summed E-state index contributed by atoms with van der Waals surface area (Å²) in [6.07, 6.45) is 1.27. The van der Waals surface area contributed by atoms with Gasteiger partial charge >= 0.3 is 0 Å². The Labute approximate surface area is 197 Å². The summed E-state index contributed by atoms with van der Waals surface area (Å²) in [4.78, 5) is -0.219. The van der Waals surface area contributed by atoms with Crippen LogP contribution in [0, 0.1) is 5.82 Å². The van der Waals surface area contributed by atoms with Gasteiger partial charge in [0.2, 0.25) is 10.0 Å². The largest absolute Gasteiger partial charge is 0.497 e. The average molecular weight is 504 g/mol. The number of hydrogen-bond acceptors (Lipinski definition) is 6. The summed E-state index contributed by atoms with van der Waals surface area (Å²) < 4.78 is 72.6. The molecule has 0 aliphatic carbocycles. The number of nitrogens with one attached hydrogen (secondary N) is 1. The smallest absolute Gasteiger partial charge is 0.279 e. The number of anilines is 1. The predicted octanol–water partition coefficient (Wildman–Crippen LogP) is 3.75. The number of rotatable bonds is 7. The van der Waals surface area contributed by atoms with E-state index in [0.29, 0.717) is 28.3 Å². The SMILES string of the molecule is COc1ccc(C2CC(c3cccc(NS(C)(=O)=O)c3)=NN2S(=O)(=O)c2cccc(F)c2)cc1. The molecule has 0 saturated carbocycles. The molecule has 1 atom stereocenters. The van der Waals surface area contributed by atoms with Crippen molar-refractivity contribution in [3.63, 3.8) is 0 Å². The minimum atomic E-state index is -4.19. The molecule has 0 bridgehead atoms. The van der Waals surface area contributed by atoms with E-state index in [0.717, 1.165) is 16.7 Å². The molecule has 3 aromatic rings. The van der Waals surface area contributed by atoms with Crippen LogP contribution in [-0.4, -0.2) is 40.3 Å². The fourth-order valence-corrected chi connectivity index (χ4v) is 5.69. The number of hydrazone groups is 1. The van der Waals surface area contributed by atoms with Crippen molar-refractivity contribution in [1.82, 2.24) is 4.41 Å². The fourth-order valence-electron chi connectivity index (χ4n) is 3.67. The second-order valence-electron chi connectivity index (χ2n) is 7.73. The van der Waals surface area contributed by atoms with Crippen LogP contribution < -0.4 is 9.46 Å². The first kappa shape index (κ1) is 23.7. The van der Waals surface area contributed by atoms with Gasteiger partial charge < -0.3 is 4.74 Å². The molecule has 0 amide bonds. The Morgan fingerprint density at radius 3 is 2.35 bits per heavy atom. The second kappa shape index (κ2) is 9.07. The van der Waals surface area contributed by atoms with Crippen LogP contribution in [0.15, 0.2) is 82.8 Å². The lowest BCUT2D eigenvalue weighted by Gasteiger charge is -2.23. The first-order valence-corrected chi connectivity index (χ1v) is 13.5. The normalized spacial score (nSPS) is 16.3. The minimum Gasteiger partial charge on any atom is -0.497 e. The highest BCUT2D eigenvalue weighted by Gasteiger charge is 2.38. The number of halogens is 1. The molecule has 1 unspecified atom stereocenters. The summed E-state index contributed by atoms with van der Waals surface area (Å²) >= 11 is 0. The Balaban J connectivity index is 1.78. The van der Waals surface area contributed by atoms with Gasteiger partial charge in [0.1, 0.15) is 11.6 Å². The van der Waals surface area contributed by atoms with Crippen LogP contribution in [0.25, 0.3) is 0 Å². The van der Waals surface area contributed by atoms with Crippen molar-refractivity contribution in [2.24, 2.45) is 5.10 Å². The zero-order chi connectivity index (χ0) is 24.5. The molecule has 8 nitrogen and oxygen atoms in total. The van der Waals surface area contributed by atoms with E-state index < -0.39 is 31.9 Å². The lowest BCUT2D eigenvalue weighted by Crippen LogP contribution is -2.27. The van der Waals surface area contributed by atoms with Gasteiger partial charge in [-0.1, -0.05) is 30.3 Å². The maximum Gasteiger partial charge on any atom is 0.279 e. The van der Waals surface area contributed by atoms with Gasteiger partial charge in [0.05, 0.1) is 30.0 Å². The van der Waals surface area contributed by atoms with E-state index in [-0.39, 0.29) is 11.3 Å². The monoisotopic (exact) mass is 503 g/mol. The number of nitrogens with zero attached hydrogens (tertiary/aromatic N) is 2. The van der Waals surface area contributed by atoms with Crippen molar-refractivity contribution in [2.45, 2.75) is 17.4 Å². The maximum absolute atomic E-state index is 13.8. The van der Waals surface area contributed by atoms with Gasteiger partial charge in [-0.3, -0.25) is 4.72 Å². The number of methoxy groups -OCH3 is 1. The van der Waals surface area contributed by atoms with Crippen molar-refractivity contribution in [2.75, 3.05) is 18.1 Å². The summed E-state index contributed by atoms with van der Waals surface area (Å²) in [6, 6.07) is 17.5. The molecule has 1 N–H and O–H groups in total. The quantitative estimate of drug-likeness (QED) is 0.529. The van der Waals surface area contributed by atoms with E-state index in [1.807, 2.05) is 0 Å². The van der Waals surface area contributed by atoms with E-state index in [1.54, 1.807) is 48.5 Å². The molecule has 1 aliphatic heterocycles. The van der Waals surface area contributed by atoms with Crippen LogP contribution in [0.3, 0.4) is 0 Å². The highest BCUT2D eigenvalue weighted by Crippen LogP contribution is 2.38. The fraction of sp³-hybridized carbons (Fsp3) is 0.174. The van der Waals surface area contributed by atoms with Crippen LogP contribution in [0.5, 0.6) is 5.75 Å². The Morgan fingerprint density at radius 1 is 1.00 bits per heavy atom. The van der Waals surface area contributed by atoms with Gasteiger partial charge in [-0.25, -0.2) is 12.8 Å². The third-order valence-corrected chi connectivity index (χ3v) is 7.50. The Morgan fingerprint density at radius 2 is 1.71 bits per heavy atom. The third-order valence-electron chi connectivity index (χ3n) is 5.21. The first-order chi connectivity index (χ1) is 16.1. The number of hydrogen-bond donors (Lipinski definition) is 1. The van der Waals surface area contributed by atoms with Gasteiger partial charge in [-0.15, -0.1) is 0 Å². The van der Waals surface area contributed by atoms with E-state index in [1.165, 1.54) is 25.3 Å². The van der Waals surface area contributed by atoms with E-state index >= 15 is 0 Å². The molecule has 3 aromatic carbocycles. The maximum atomic E-state index is 13.8. The Hall–Kier alpha value is -3.44. The standard InChI is InChI=1S/C23H22FN3O5S2/c1-32-20-11-9-16(10-12-20)23-15-22(17-5-3-7-19(13-17)26-33(2,28)29)25-27(23)34(30,31)21-8-4-6-18(24)14-21/h3-14,23,26H,15H2,1-2H3. The molecule has 0 aromatic heterocycles. The van der Waals surface area contributed by atoms with Crippen molar-refractivity contribution in [1.29, 1.82) is 0 Å². The minimum absolute atomic E-state index is 0.219. The van der Waals surface area contributed by atoms with E-state index in [2.05, 4.69) is 9.82 Å². The molecule has 34 heavy (non-hydrogen) atoms. The van der Waals surface area contributed by atoms with Crippen LogP contribution in [0.1, 0.15) is 23.6 Å². The van der Waals surface area contributed by atoms with Gasteiger partial charge in [0.15, 0.2) is 0 Å². The van der Waals surface area contributed by atoms with Crippen molar-refractivity contribution in [3.8, 4) is 5.75 Å².